The van der Waals surface area contributed by atoms with E-state index in [1.807, 2.05) is 19.3 Å². The number of halogens is 2. The smallest absolute Gasteiger partial charge is 0.220 e. The Hall–Kier alpha value is -0.780. The minimum absolute atomic E-state index is 0. The Kier molecular flexibility index (Phi) is 9.09. The van der Waals surface area contributed by atoms with E-state index in [1.165, 1.54) is 25.7 Å². The molecule has 5 nitrogen and oxygen atoms in total. The summed E-state index contributed by atoms with van der Waals surface area (Å²) in [4.78, 5) is 16.3. The number of fused-ring (bicyclic) bond motifs is 2. The molecule has 2 aliphatic heterocycles. The number of carbonyl (C=O) groups excluding carboxylic acids is 1. The van der Waals surface area contributed by atoms with Gasteiger partial charge in [-0.2, -0.15) is 0 Å². The molecule has 138 valence electrons. The molecule has 1 amide bonds. The van der Waals surface area contributed by atoms with E-state index in [4.69, 9.17) is 0 Å². The van der Waals surface area contributed by atoms with Crippen molar-refractivity contribution >= 4 is 30.7 Å². The standard InChI is InChI=1S/C17H28N4O.2ClH/c1-13-18-7-9-21(13)8-3-2-6-19-17(22)12-14-10-15-4-5-16(11-14)20-15;;/h7,9,14-16,20H,2-6,8,10-12H2,1H3,(H,19,22);2*1H. The molecule has 3 rings (SSSR count). The Morgan fingerprint density at radius 1 is 1.29 bits per heavy atom. The first-order valence-corrected chi connectivity index (χ1v) is 8.71. The highest BCUT2D eigenvalue weighted by Gasteiger charge is 2.33. The molecule has 0 spiro atoms. The van der Waals surface area contributed by atoms with Crippen molar-refractivity contribution in [2.75, 3.05) is 6.54 Å². The van der Waals surface area contributed by atoms with Crippen LogP contribution in [0.5, 0.6) is 0 Å². The van der Waals surface area contributed by atoms with Crippen LogP contribution in [0.2, 0.25) is 0 Å². The molecule has 2 saturated heterocycles. The molecule has 0 aromatic carbocycles. The van der Waals surface area contributed by atoms with Gasteiger partial charge in [0.1, 0.15) is 5.82 Å². The van der Waals surface area contributed by atoms with E-state index in [9.17, 15) is 4.79 Å². The first-order chi connectivity index (χ1) is 10.7. The fraction of sp³-hybridized carbons (Fsp3) is 0.765. The van der Waals surface area contributed by atoms with Crippen LogP contribution in [-0.2, 0) is 11.3 Å². The second-order valence-electron chi connectivity index (χ2n) is 6.90. The number of nitrogens with one attached hydrogen (secondary N) is 2. The molecule has 0 aliphatic carbocycles. The molecule has 2 atom stereocenters. The number of imidazole rings is 1. The summed E-state index contributed by atoms with van der Waals surface area (Å²) in [6.45, 7) is 3.80. The van der Waals surface area contributed by atoms with E-state index in [1.54, 1.807) is 0 Å². The number of piperidine rings is 1. The van der Waals surface area contributed by atoms with Gasteiger partial charge in [-0.15, -0.1) is 24.8 Å². The number of aromatic nitrogens is 2. The predicted octanol–water partition coefficient (Wildman–Crippen LogP) is 2.85. The summed E-state index contributed by atoms with van der Waals surface area (Å²) in [6.07, 6.45) is 11.6. The zero-order chi connectivity index (χ0) is 15.4. The van der Waals surface area contributed by atoms with Crippen LogP contribution in [0.3, 0.4) is 0 Å². The Bertz CT molecular complexity index is 497. The third-order valence-corrected chi connectivity index (χ3v) is 5.12. The molecule has 1 aromatic heterocycles. The summed E-state index contributed by atoms with van der Waals surface area (Å²) < 4.78 is 2.16. The third-order valence-electron chi connectivity index (χ3n) is 5.12. The number of hydrogen-bond donors (Lipinski definition) is 2. The molecular formula is C17H30Cl2N4O. The Balaban J connectivity index is 0.00000144. The van der Waals surface area contributed by atoms with Crippen LogP contribution in [-0.4, -0.2) is 34.1 Å². The number of carbonyl (C=O) groups is 1. The van der Waals surface area contributed by atoms with Crippen LogP contribution in [0.4, 0.5) is 0 Å². The number of amides is 1. The van der Waals surface area contributed by atoms with Gasteiger partial charge in [-0.3, -0.25) is 4.79 Å². The number of hydrogen-bond acceptors (Lipinski definition) is 3. The molecule has 0 radical (unpaired) electrons. The zero-order valence-corrected chi connectivity index (χ0v) is 16.0. The Labute approximate surface area is 157 Å². The maximum atomic E-state index is 12.0. The first-order valence-electron chi connectivity index (χ1n) is 8.71. The predicted molar refractivity (Wildman–Crippen MR) is 101 cm³/mol. The molecule has 2 bridgehead atoms. The normalized spacial score (nSPS) is 24.8. The SMILES string of the molecule is Cc1nccn1CCCCNC(=O)CC1CC2CCC(C1)N2.Cl.Cl. The maximum Gasteiger partial charge on any atom is 0.220 e. The van der Waals surface area contributed by atoms with Gasteiger partial charge in [0.05, 0.1) is 0 Å². The van der Waals surface area contributed by atoms with Gasteiger partial charge in [-0.1, -0.05) is 0 Å². The molecule has 2 N–H and O–H groups in total. The summed E-state index contributed by atoms with van der Waals surface area (Å²) in [5.41, 5.74) is 0. The maximum absolute atomic E-state index is 12.0. The van der Waals surface area contributed by atoms with Crippen LogP contribution in [0.25, 0.3) is 0 Å². The summed E-state index contributed by atoms with van der Waals surface area (Å²) >= 11 is 0. The Morgan fingerprint density at radius 2 is 2.00 bits per heavy atom. The molecule has 2 unspecified atom stereocenters. The fourth-order valence-corrected chi connectivity index (χ4v) is 3.95. The van der Waals surface area contributed by atoms with Gasteiger partial charge in [0.25, 0.3) is 0 Å². The van der Waals surface area contributed by atoms with Crippen molar-refractivity contribution in [2.24, 2.45) is 5.92 Å². The van der Waals surface area contributed by atoms with Crippen LogP contribution < -0.4 is 10.6 Å². The lowest BCUT2D eigenvalue weighted by atomic mass is 9.89. The number of rotatable bonds is 7. The van der Waals surface area contributed by atoms with Gasteiger partial charge < -0.3 is 15.2 Å². The highest BCUT2D eigenvalue weighted by atomic mass is 35.5. The van der Waals surface area contributed by atoms with Crippen molar-refractivity contribution in [1.82, 2.24) is 20.2 Å². The second kappa shape index (κ2) is 10.3. The van der Waals surface area contributed by atoms with Gasteiger partial charge in [0.15, 0.2) is 0 Å². The topological polar surface area (TPSA) is 59.0 Å². The van der Waals surface area contributed by atoms with E-state index >= 15 is 0 Å². The van der Waals surface area contributed by atoms with E-state index in [2.05, 4.69) is 20.2 Å². The average molecular weight is 377 g/mol. The van der Waals surface area contributed by atoms with Gasteiger partial charge in [0.2, 0.25) is 5.91 Å². The van der Waals surface area contributed by atoms with Gasteiger partial charge in [0, 0.05) is 44.0 Å². The molecule has 3 heterocycles. The van der Waals surface area contributed by atoms with E-state index in [0.29, 0.717) is 18.0 Å². The highest BCUT2D eigenvalue weighted by Crippen LogP contribution is 2.32. The van der Waals surface area contributed by atoms with Crippen molar-refractivity contribution in [3.05, 3.63) is 18.2 Å². The number of nitrogens with zero attached hydrogens (tertiary/aromatic N) is 2. The van der Waals surface area contributed by atoms with Gasteiger partial charge in [-0.25, -0.2) is 4.98 Å². The zero-order valence-electron chi connectivity index (χ0n) is 14.4. The quantitative estimate of drug-likeness (QED) is 0.719. The van der Waals surface area contributed by atoms with Crippen molar-refractivity contribution in [3.63, 3.8) is 0 Å². The average Bonchev–Trinajstić information content (AvgIpc) is 3.04. The lowest BCUT2D eigenvalue weighted by molar-refractivity contribution is -0.122. The summed E-state index contributed by atoms with van der Waals surface area (Å²) in [6, 6.07) is 1.35. The Morgan fingerprint density at radius 3 is 2.62 bits per heavy atom. The molecule has 0 saturated carbocycles. The van der Waals surface area contributed by atoms with Crippen LogP contribution in [0, 0.1) is 12.8 Å². The van der Waals surface area contributed by atoms with Crippen molar-refractivity contribution in [2.45, 2.75) is 70.5 Å². The molecular weight excluding hydrogens is 347 g/mol. The second-order valence-corrected chi connectivity index (χ2v) is 6.90. The van der Waals surface area contributed by atoms with Crippen LogP contribution in [0.15, 0.2) is 12.4 Å². The largest absolute Gasteiger partial charge is 0.356 e. The fourth-order valence-electron chi connectivity index (χ4n) is 3.95. The summed E-state index contributed by atoms with van der Waals surface area (Å²) in [7, 11) is 0. The minimum atomic E-state index is 0. The third kappa shape index (κ3) is 5.94. The van der Waals surface area contributed by atoms with E-state index in [0.717, 1.165) is 38.2 Å². The number of unbranched alkanes of at least 4 members (excludes halogenated alkanes) is 1. The monoisotopic (exact) mass is 376 g/mol. The lowest BCUT2D eigenvalue weighted by Crippen LogP contribution is -2.39. The first kappa shape index (κ1) is 21.3. The summed E-state index contributed by atoms with van der Waals surface area (Å²) in [5, 5.41) is 6.72. The van der Waals surface area contributed by atoms with Crippen LogP contribution in [0.1, 0.15) is 50.8 Å². The van der Waals surface area contributed by atoms with Gasteiger partial charge >= 0.3 is 0 Å². The highest BCUT2D eigenvalue weighted by molar-refractivity contribution is 5.85. The van der Waals surface area contributed by atoms with Gasteiger partial charge in [-0.05, 0) is 51.4 Å². The van der Waals surface area contributed by atoms with Crippen molar-refractivity contribution in [1.29, 1.82) is 0 Å². The number of aryl methyl sites for hydroxylation is 2. The minimum Gasteiger partial charge on any atom is -0.356 e. The lowest BCUT2D eigenvalue weighted by Gasteiger charge is -2.28. The summed E-state index contributed by atoms with van der Waals surface area (Å²) in [5.74, 6) is 1.89. The molecule has 2 aliphatic rings. The van der Waals surface area contributed by atoms with Crippen molar-refractivity contribution in [3.8, 4) is 0 Å². The molecule has 24 heavy (non-hydrogen) atoms. The van der Waals surface area contributed by atoms with E-state index < -0.39 is 0 Å². The molecule has 2 fully saturated rings. The van der Waals surface area contributed by atoms with Crippen molar-refractivity contribution < 1.29 is 4.79 Å². The van der Waals surface area contributed by atoms with E-state index in [-0.39, 0.29) is 30.7 Å². The molecule has 7 heteroatoms. The molecule has 1 aromatic rings. The van der Waals surface area contributed by atoms with Crippen LogP contribution >= 0.6 is 24.8 Å².